The third kappa shape index (κ3) is 4.04. The van der Waals surface area contributed by atoms with E-state index in [0.29, 0.717) is 0 Å². The Balaban J connectivity index is 2.78. The zero-order valence-electron chi connectivity index (χ0n) is 10.7. The van der Waals surface area contributed by atoms with Gasteiger partial charge >= 0.3 is 12.0 Å². The number of benzene rings is 1. The van der Waals surface area contributed by atoms with Crippen LogP contribution in [0, 0.1) is 18.6 Å². The Morgan fingerprint density at radius 1 is 1.40 bits per heavy atom. The maximum Gasteiger partial charge on any atom is 0.326 e. The van der Waals surface area contributed by atoms with Crippen molar-refractivity contribution in [3.05, 3.63) is 42.0 Å². The summed E-state index contributed by atoms with van der Waals surface area (Å²) in [5, 5.41) is 13.0. The fourth-order valence-electron chi connectivity index (χ4n) is 1.45. The molecule has 0 radical (unpaired) electrons. The standard InChI is InChI=1S/C13H14F2N2O3/c1-3-4-10(12(18)19)16-13(20)17-11-6-8(14)7(2)5-9(11)15/h3,5-6,10H,1,4H2,2H3,(H,18,19)(H2,16,17,20). The van der Waals surface area contributed by atoms with Crippen molar-refractivity contribution in [3.63, 3.8) is 0 Å². The number of halogens is 2. The highest BCUT2D eigenvalue weighted by molar-refractivity contribution is 5.92. The number of anilines is 1. The zero-order valence-corrected chi connectivity index (χ0v) is 10.7. The molecular formula is C13H14F2N2O3. The molecule has 0 spiro atoms. The van der Waals surface area contributed by atoms with Crippen molar-refractivity contribution in [2.24, 2.45) is 0 Å². The number of carboxylic acid groups (broad SMARTS) is 1. The number of urea groups is 1. The number of hydrogen-bond acceptors (Lipinski definition) is 2. The first-order valence-corrected chi connectivity index (χ1v) is 5.72. The molecule has 2 amide bonds. The SMILES string of the molecule is C=CCC(NC(=O)Nc1cc(F)c(C)cc1F)C(=O)O. The molecule has 1 aromatic carbocycles. The summed E-state index contributed by atoms with van der Waals surface area (Å²) in [6.45, 7) is 4.75. The van der Waals surface area contributed by atoms with Gasteiger partial charge in [-0.2, -0.15) is 0 Å². The molecule has 20 heavy (non-hydrogen) atoms. The van der Waals surface area contributed by atoms with Crippen molar-refractivity contribution in [1.29, 1.82) is 0 Å². The Bertz CT molecular complexity index is 547. The summed E-state index contributed by atoms with van der Waals surface area (Å²) in [6.07, 6.45) is 1.33. The Morgan fingerprint density at radius 2 is 2.05 bits per heavy atom. The molecule has 1 unspecified atom stereocenters. The highest BCUT2D eigenvalue weighted by Crippen LogP contribution is 2.18. The van der Waals surface area contributed by atoms with Crippen LogP contribution in [-0.4, -0.2) is 23.1 Å². The van der Waals surface area contributed by atoms with Crippen molar-refractivity contribution < 1.29 is 23.5 Å². The van der Waals surface area contributed by atoms with Gasteiger partial charge in [-0.15, -0.1) is 6.58 Å². The molecule has 0 saturated carbocycles. The maximum atomic E-state index is 13.5. The van der Waals surface area contributed by atoms with Gasteiger partial charge in [-0.25, -0.2) is 18.4 Å². The summed E-state index contributed by atoms with van der Waals surface area (Å²) in [7, 11) is 0. The first-order chi connectivity index (χ1) is 9.35. The molecule has 0 aromatic heterocycles. The van der Waals surface area contributed by atoms with E-state index in [1.807, 2.05) is 0 Å². The molecule has 0 heterocycles. The van der Waals surface area contributed by atoms with Gasteiger partial charge in [-0.3, -0.25) is 0 Å². The van der Waals surface area contributed by atoms with Crippen LogP contribution in [0.2, 0.25) is 0 Å². The van der Waals surface area contributed by atoms with Crippen LogP contribution in [0.1, 0.15) is 12.0 Å². The number of nitrogens with one attached hydrogen (secondary N) is 2. The number of amides is 2. The van der Waals surface area contributed by atoms with Gasteiger partial charge in [-0.05, 0) is 25.0 Å². The fourth-order valence-corrected chi connectivity index (χ4v) is 1.45. The van der Waals surface area contributed by atoms with E-state index in [1.54, 1.807) is 0 Å². The van der Waals surface area contributed by atoms with Crippen LogP contribution in [0.5, 0.6) is 0 Å². The van der Waals surface area contributed by atoms with E-state index in [9.17, 15) is 18.4 Å². The summed E-state index contributed by atoms with van der Waals surface area (Å²) in [5.74, 6) is -2.74. The molecule has 1 atom stereocenters. The normalized spacial score (nSPS) is 11.6. The van der Waals surface area contributed by atoms with Crippen LogP contribution in [0.25, 0.3) is 0 Å². The topological polar surface area (TPSA) is 78.4 Å². The zero-order chi connectivity index (χ0) is 15.3. The van der Waals surface area contributed by atoms with Crippen LogP contribution in [0.3, 0.4) is 0 Å². The van der Waals surface area contributed by atoms with E-state index in [2.05, 4.69) is 17.2 Å². The smallest absolute Gasteiger partial charge is 0.326 e. The Labute approximate surface area is 114 Å². The summed E-state index contributed by atoms with van der Waals surface area (Å²) in [4.78, 5) is 22.4. The lowest BCUT2D eigenvalue weighted by Crippen LogP contribution is -2.42. The van der Waals surface area contributed by atoms with E-state index >= 15 is 0 Å². The second-order valence-corrected chi connectivity index (χ2v) is 4.09. The van der Waals surface area contributed by atoms with Crippen LogP contribution >= 0.6 is 0 Å². The van der Waals surface area contributed by atoms with Crippen molar-refractivity contribution in [1.82, 2.24) is 5.32 Å². The highest BCUT2D eigenvalue weighted by Gasteiger charge is 2.19. The van der Waals surface area contributed by atoms with E-state index in [-0.39, 0.29) is 17.7 Å². The van der Waals surface area contributed by atoms with Crippen molar-refractivity contribution >= 4 is 17.7 Å². The predicted octanol–water partition coefficient (Wildman–Crippen LogP) is 2.42. The molecule has 0 aliphatic heterocycles. The molecule has 1 rings (SSSR count). The second kappa shape index (κ2) is 6.65. The largest absolute Gasteiger partial charge is 0.480 e. The molecule has 0 fully saturated rings. The lowest BCUT2D eigenvalue weighted by atomic mass is 10.2. The molecule has 3 N–H and O–H groups in total. The summed E-state index contributed by atoms with van der Waals surface area (Å²) < 4.78 is 26.8. The predicted molar refractivity (Wildman–Crippen MR) is 69.5 cm³/mol. The first kappa shape index (κ1) is 15.6. The molecule has 1 aromatic rings. The maximum absolute atomic E-state index is 13.5. The van der Waals surface area contributed by atoms with Crippen molar-refractivity contribution in [3.8, 4) is 0 Å². The molecule has 7 heteroatoms. The number of carboxylic acids is 1. The monoisotopic (exact) mass is 284 g/mol. The quantitative estimate of drug-likeness (QED) is 0.727. The Kier molecular flexibility index (Phi) is 5.19. The first-order valence-electron chi connectivity index (χ1n) is 5.72. The molecular weight excluding hydrogens is 270 g/mol. The second-order valence-electron chi connectivity index (χ2n) is 4.09. The molecule has 0 saturated heterocycles. The fraction of sp³-hybridized carbons (Fsp3) is 0.231. The van der Waals surface area contributed by atoms with Crippen LogP contribution in [-0.2, 0) is 4.79 Å². The van der Waals surface area contributed by atoms with Crippen LogP contribution in [0.4, 0.5) is 19.3 Å². The minimum Gasteiger partial charge on any atom is -0.480 e. The highest BCUT2D eigenvalue weighted by atomic mass is 19.1. The summed E-state index contributed by atoms with van der Waals surface area (Å²) >= 11 is 0. The van der Waals surface area contributed by atoms with Gasteiger partial charge in [0.1, 0.15) is 17.7 Å². The molecule has 5 nitrogen and oxygen atoms in total. The summed E-state index contributed by atoms with van der Waals surface area (Å²) in [6, 6.07) is -0.371. The number of carbonyl (C=O) groups is 2. The van der Waals surface area contributed by atoms with E-state index in [4.69, 9.17) is 5.11 Å². The van der Waals surface area contributed by atoms with Gasteiger partial charge in [0.25, 0.3) is 0 Å². The van der Waals surface area contributed by atoms with Gasteiger partial charge in [0.15, 0.2) is 0 Å². The van der Waals surface area contributed by atoms with Gasteiger partial charge in [-0.1, -0.05) is 6.08 Å². The van der Waals surface area contributed by atoms with Gasteiger partial charge in [0, 0.05) is 6.07 Å². The van der Waals surface area contributed by atoms with E-state index in [0.717, 1.165) is 12.1 Å². The van der Waals surface area contributed by atoms with Crippen molar-refractivity contribution in [2.75, 3.05) is 5.32 Å². The average molecular weight is 284 g/mol. The van der Waals surface area contributed by atoms with Gasteiger partial charge in [0.2, 0.25) is 0 Å². The molecule has 0 aliphatic carbocycles. The third-order valence-electron chi connectivity index (χ3n) is 2.50. The lowest BCUT2D eigenvalue weighted by molar-refractivity contribution is -0.139. The number of carbonyl (C=O) groups excluding carboxylic acids is 1. The van der Waals surface area contributed by atoms with Crippen LogP contribution in [0.15, 0.2) is 24.8 Å². The minimum atomic E-state index is -1.25. The number of rotatable bonds is 5. The van der Waals surface area contributed by atoms with E-state index in [1.165, 1.54) is 13.0 Å². The Morgan fingerprint density at radius 3 is 2.60 bits per heavy atom. The van der Waals surface area contributed by atoms with Gasteiger partial charge < -0.3 is 15.7 Å². The molecule has 108 valence electrons. The lowest BCUT2D eigenvalue weighted by Gasteiger charge is -2.14. The van der Waals surface area contributed by atoms with Crippen LogP contribution < -0.4 is 10.6 Å². The number of hydrogen-bond donors (Lipinski definition) is 3. The number of aliphatic carboxylic acids is 1. The molecule has 0 aliphatic rings. The van der Waals surface area contributed by atoms with Gasteiger partial charge in [0.05, 0.1) is 5.69 Å². The minimum absolute atomic E-state index is 0.00743. The third-order valence-corrected chi connectivity index (χ3v) is 2.50. The number of aryl methyl sites for hydroxylation is 1. The van der Waals surface area contributed by atoms with Crippen molar-refractivity contribution in [2.45, 2.75) is 19.4 Å². The molecule has 0 bridgehead atoms. The van der Waals surface area contributed by atoms with E-state index < -0.39 is 29.7 Å². The Hall–Kier alpha value is -2.44. The average Bonchev–Trinajstić information content (AvgIpc) is 2.35. The summed E-state index contributed by atoms with van der Waals surface area (Å²) in [5.41, 5.74) is -0.267.